The fourth-order valence-corrected chi connectivity index (χ4v) is 3.95. The first-order valence-electron chi connectivity index (χ1n) is 9.95. The lowest BCUT2D eigenvalue weighted by Gasteiger charge is -2.35. The second-order valence-corrected chi connectivity index (χ2v) is 7.72. The number of rotatable bonds is 4. The largest absolute Gasteiger partial charge is 0.496 e. The van der Waals surface area contributed by atoms with Gasteiger partial charge in [0.2, 0.25) is 5.91 Å². The SMILES string of the molecule is COc1cc(C)c(C)cc1CC(=O)N1CCN(C(=O)NC2CCCC2)CC1. The van der Waals surface area contributed by atoms with E-state index in [2.05, 4.69) is 5.32 Å². The highest BCUT2D eigenvalue weighted by atomic mass is 16.5. The van der Waals surface area contributed by atoms with Gasteiger partial charge in [-0.05, 0) is 43.9 Å². The van der Waals surface area contributed by atoms with Crippen LogP contribution in [0.15, 0.2) is 12.1 Å². The number of urea groups is 1. The molecule has 2 fully saturated rings. The molecular formula is C21H31N3O3. The van der Waals surface area contributed by atoms with Gasteiger partial charge in [0.25, 0.3) is 0 Å². The van der Waals surface area contributed by atoms with Crippen LogP contribution in [0.1, 0.15) is 42.4 Å². The quantitative estimate of drug-likeness (QED) is 0.883. The van der Waals surface area contributed by atoms with Crippen molar-refractivity contribution in [2.75, 3.05) is 33.3 Å². The first-order chi connectivity index (χ1) is 13.0. The molecule has 2 aliphatic rings. The summed E-state index contributed by atoms with van der Waals surface area (Å²) < 4.78 is 5.45. The fourth-order valence-electron chi connectivity index (χ4n) is 3.95. The average Bonchev–Trinajstić information content (AvgIpc) is 3.17. The van der Waals surface area contributed by atoms with Crippen molar-refractivity contribution in [1.82, 2.24) is 15.1 Å². The van der Waals surface area contributed by atoms with Crippen LogP contribution in [0, 0.1) is 13.8 Å². The van der Waals surface area contributed by atoms with E-state index in [9.17, 15) is 9.59 Å². The van der Waals surface area contributed by atoms with Crippen LogP contribution in [0.4, 0.5) is 4.79 Å². The monoisotopic (exact) mass is 373 g/mol. The maximum Gasteiger partial charge on any atom is 0.317 e. The van der Waals surface area contributed by atoms with Gasteiger partial charge in [0.15, 0.2) is 0 Å². The van der Waals surface area contributed by atoms with E-state index in [0.717, 1.165) is 35.3 Å². The Bertz CT molecular complexity index is 690. The number of ether oxygens (including phenoxy) is 1. The van der Waals surface area contributed by atoms with Crippen LogP contribution < -0.4 is 10.1 Å². The van der Waals surface area contributed by atoms with Crippen LogP contribution in [0.2, 0.25) is 0 Å². The van der Waals surface area contributed by atoms with Gasteiger partial charge in [-0.15, -0.1) is 0 Å². The smallest absolute Gasteiger partial charge is 0.317 e. The van der Waals surface area contributed by atoms with Crippen molar-refractivity contribution in [2.45, 2.75) is 52.0 Å². The lowest BCUT2D eigenvalue weighted by atomic mass is 10.0. The Morgan fingerprint density at radius 2 is 1.63 bits per heavy atom. The maximum atomic E-state index is 12.7. The number of nitrogens with zero attached hydrogens (tertiary/aromatic N) is 2. The zero-order valence-corrected chi connectivity index (χ0v) is 16.7. The molecule has 0 spiro atoms. The Morgan fingerprint density at radius 3 is 2.26 bits per heavy atom. The lowest BCUT2D eigenvalue weighted by molar-refractivity contribution is -0.131. The van der Waals surface area contributed by atoms with Gasteiger partial charge in [0, 0.05) is 37.8 Å². The number of carbonyl (C=O) groups is 2. The van der Waals surface area contributed by atoms with E-state index in [1.165, 1.54) is 12.8 Å². The number of hydrogen-bond acceptors (Lipinski definition) is 3. The first kappa shape index (κ1) is 19.5. The normalized spacial score (nSPS) is 17.9. The van der Waals surface area contributed by atoms with E-state index < -0.39 is 0 Å². The fraction of sp³-hybridized carbons (Fsp3) is 0.619. The van der Waals surface area contributed by atoms with E-state index in [1.807, 2.05) is 35.8 Å². The third-order valence-electron chi connectivity index (χ3n) is 5.84. The topological polar surface area (TPSA) is 61.9 Å². The van der Waals surface area contributed by atoms with Gasteiger partial charge in [-0.3, -0.25) is 4.79 Å². The highest BCUT2D eigenvalue weighted by Crippen LogP contribution is 2.24. The minimum absolute atomic E-state index is 0.0184. The van der Waals surface area contributed by atoms with Crippen LogP contribution in [0.5, 0.6) is 5.75 Å². The zero-order chi connectivity index (χ0) is 19.4. The summed E-state index contributed by atoms with van der Waals surface area (Å²) >= 11 is 0. The van der Waals surface area contributed by atoms with E-state index in [-0.39, 0.29) is 11.9 Å². The van der Waals surface area contributed by atoms with E-state index in [1.54, 1.807) is 7.11 Å². The molecular weight excluding hydrogens is 342 g/mol. The summed E-state index contributed by atoms with van der Waals surface area (Å²) in [6.45, 7) is 6.45. The Labute approximate surface area is 161 Å². The van der Waals surface area contributed by atoms with Gasteiger partial charge >= 0.3 is 6.03 Å². The van der Waals surface area contributed by atoms with Crippen molar-refractivity contribution < 1.29 is 14.3 Å². The van der Waals surface area contributed by atoms with Crippen LogP contribution in [0.25, 0.3) is 0 Å². The van der Waals surface area contributed by atoms with Crippen molar-refractivity contribution in [1.29, 1.82) is 0 Å². The van der Waals surface area contributed by atoms with E-state index in [4.69, 9.17) is 4.74 Å². The molecule has 0 radical (unpaired) electrons. The standard InChI is InChI=1S/C21H31N3O3/c1-15-12-17(19(27-3)13-16(15)2)14-20(25)23-8-10-24(11-9-23)21(26)22-18-6-4-5-7-18/h12-13,18H,4-11,14H2,1-3H3,(H,22,26). The molecule has 3 amide bonds. The molecule has 1 aromatic carbocycles. The minimum atomic E-state index is 0.0184. The number of aryl methyl sites for hydroxylation is 2. The second kappa shape index (κ2) is 8.63. The van der Waals surface area contributed by atoms with E-state index in [0.29, 0.717) is 38.6 Å². The van der Waals surface area contributed by atoms with Gasteiger partial charge < -0.3 is 19.9 Å². The molecule has 1 aromatic rings. The lowest BCUT2D eigenvalue weighted by Crippen LogP contribution is -2.54. The van der Waals surface area contributed by atoms with Gasteiger partial charge in [0.1, 0.15) is 5.75 Å². The molecule has 3 rings (SSSR count). The first-order valence-corrected chi connectivity index (χ1v) is 9.95. The molecule has 1 heterocycles. The number of piperazine rings is 1. The predicted molar refractivity (Wildman–Crippen MR) is 105 cm³/mol. The molecule has 6 heteroatoms. The van der Waals surface area contributed by atoms with Crippen LogP contribution in [0.3, 0.4) is 0 Å². The van der Waals surface area contributed by atoms with Gasteiger partial charge in [-0.25, -0.2) is 4.79 Å². The van der Waals surface area contributed by atoms with Gasteiger partial charge in [-0.2, -0.15) is 0 Å². The number of nitrogens with one attached hydrogen (secondary N) is 1. The molecule has 0 unspecified atom stereocenters. The minimum Gasteiger partial charge on any atom is -0.496 e. The third-order valence-corrected chi connectivity index (χ3v) is 5.84. The molecule has 0 atom stereocenters. The number of hydrogen-bond donors (Lipinski definition) is 1. The maximum absolute atomic E-state index is 12.7. The van der Waals surface area contributed by atoms with Crippen LogP contribution >= 0.6 is 0 Å². The Hall–Kier alpha value is -2.24. The predicted octanol–water partition coefficient (Wildman–Crippen LogP) is 2.65. The molecule has 6 nitrogen and oxygen atoms in total. The van der Waals surface area contributed by atoms with Crippen molar-refractivity contribution in [2.24, 2.45) is 0 Å². The van der Waals surface area contributed by atoms with E-state index >= 15 is 0 Å². The summed E-state index contributed by atoms with van der Waals surface area (Å²) in [6.07, 6.45) is 4.91. The van der Waals surface area contributed by atoms with Crippen molar-refractivity contribution in [3.63, 3.8) is 0 Å². The second-order valence-electron chi connectivity index (χ2n) is 7.72. The summed E-state index contributed by atoms with van der Waals surface area (Å²) in [5, 5.41) is 3.13. The molecule has 0 bridgehead atoms. The highest BCUT2D eigenvalue weighted by Gasteiger charge is 2.26. The molecule has 1 saturated heterocycles. The molecule has 148 valence electrons. The van der Waals surface area contributed by atoms with Crippen LogP contribution in [-0.2, 0) is 11.2 Å². The summed E-state index contributed by atoms with van der Waals surface area (Å²) in [6, 6.07) is 4.37. The summed E-state index contributed by atoms with van der Waals surface area (Å²) in [5.74, 6) is 0.855. The average molecular weight is 373 g/mol. The number of amides is 3. The summed E-state index contributed by atoms with van der Waals surface area (Å²) in [4.78, 5) is 28.8. The Kier molecular flexibility index (Phi) is 6.24. The summed E-state index contributed by atoms with van der Waals surface area (Å²) in [5.41, 5.74) is 3.24. The third kappa shape index (κ3) is 4.73. The number of methoxy groups -OCH3 is 1. The van der Waals surface area contributed by atoms with Crippen molar-refractivity contribution >= 4 is 11.9 Å². The van der Waals surface area contributed by atoms with Crippen molar-refractivity contribution in [3.8, 4) is 5.75 Å². The highest BCUT2D eigenvalue weighted by molar-refractivity contribution is 5.80. The Morgan fingerprint density at radius 1 is 1.04 bits per heavy atom. The zero-order valence-electron chi connectivity index (χ0n) is 16.7. The van der Waals surface area contributed by atoms with Crippen molar-refractivity contribution in [3.05, 3.63) is 28.8 Å². The number of carbonyl (C=O) groups excluding carboxylic acids is 2. The molecule has 1 aliphatic heterocycles. The molecule has 1 saturated carbocycles. The molecule has 0 aromatic heterocycles. The summed E-state index contributed by atoms with van der Waals surface area (Å²) in [7, 11) is 1.64. The molecule has 1 aliphatic carbocycles. The van der Waals surface area contributed by atoms with Gasteiger partial charge in [-0.1, -0.05) is 18.9 Å². The molecule has 1 N–H and O–H groups in total. The van der Waals surface area contributed by atoms with Gasteiger partial charge in [0.05, 0.1) is 13.5 Å². The molecule has 27 heavy (non-hydrogen) atoms. The van der Waals surface area contributed by atoms with Crippen LogP contribution in [-0.4, -0.2) is 61.1 Å². The Balaban J connectivity index is 1.52. The number of benzene rings is 1.